The number of ether oxygens (including phenoxy) is 4. The maximum Gasteiger partial charge on any atom is 0.314 e. The first-order valence-corrected chi connectivity index (χ1v) is 17.4. The average Bonchev–Trinajstić information content (AvgIpc) is 3.09. The highest BCUT2D eigenvalue weighted by atomic mass is 16.7. The van der Waals surface area contributed by atoms with Gasteiger partial charge in [0.1, 0.15) is 40.5 Å². The van der Waals surface area contributed by atoms with Gasteiger partial charge in [-0.25, -0.2) is 0 Å². The number of rotatable bonds is 1. The van der Waals surface area contributed by atoms with Crippen molar-refractivity contribution in [1.82, 2.24) is 0 Å². The number of ketones is 1. The summed E-state index contributed by atoms with van der Waals surface area (Å²) in [5.74, 6) is -7.85. The lowest BCUT2D eigenvalue weighted by Gasteiger charge is -2.45. The molecule has 0 spiro atoms. The first kappa shape index (κ1) is 40.4. The molecule has 6 bridgehead atoms. The fourth-order valence-corrected chi connectivity index (χ4v) is 7.59. The van der Waals surface area contributed by atoms with Crippen molar-refractivity contribution in [2.45, 2.75) is 97.9 Å². The number of aliphatic hydroxyl groups excluding tert-OH is 3. The van der Waals surface area contributed by atoms with Crippen molar-refractivity contribution in [1.29, 1.82) is 0 Å². The number of nitrogens with one attached hydrogen (secondary N) is 1. The van der Waals surface area contributed by atoms with Gasteiger partial charge in [-0.15, -0.1) is 0 Å². The number of esters is 2. The van der Waals surface area contributed by atoms with E-state index in [-0.39, 0.29) is 61.9 Å². The summed E-state index contributed by atoms with van der Waals surface area (Å²) in [7, 11) is 0. The summed E-state index contributed by atoms with van der Waals surface area (Å²) in [6.45, 7) is 12.1. The molecular weight excluding hydrogens is 706 g/mol. The van der Waals surface area contributed by atoms with Crippen molar-refractivity contribution >= 4 is 34.9 Å². The molecule has 1 fully saturated rings. The first-order valence-electron chi connectivity index (χ1n) is 17.4. The number of Topliss-reactive ketones (excluding diaryl/α,β-unsaturated/α-hetero) is 1. The molecule has 9 atom stereocenters. The Bertz CT molecular complexity index is 1960. The van der Waals surface area contributed by atoms with Crippen LogP contribution in [-0.4, -0.2) is 96.7 Å². The Hall–Kier alpha value is -4.80. The molecule has 0 aromatic heterocycles. The lowest BCUT2D eigenvalue weighted by atomic mass is 9.73. The number of phenols is 1. The monoisotopic (exact) mass is 753 g/mol. The van der Waals surface area contributed by atoms with Crippen LogP contribution in [0.25, 0.3) is 5.57 Å². The molecule has 1 aromatic carbocycles. The van der Waals surface area contributed by atoms with Gasteiger partial charge in [-0.05, 0) is 59.3 Å². The number of carbonyl (C=O) groups excluding carboxylic acids is 4. The van der Waals surface area contributed by atoms with Gasteiger partial charge in [0.25, 0.3) is 5.91 Å². The van der Waals surface area contributed by atoms with Gasteiger partial charge >= 0.3 is 11.9 Å². The Morgan fingerprint density at radius 2 is 1.52 bits per heavy atom. The Labute approximate surface area is 311 Å². The Kier molecular flexibility index (Phi) is 10.8. The molecule has 1 saturated heterocycles. The van der Waals surface area contributed by atoms with Crippen LogP contribution in [0.5, 0.6) is 11.5 Å². The predicted molar refractivity (Wildman–Crippen MR) is 191 cm³/mol. The highest BCUT2D eigenvalue weighted by Crippen LogP contribution is 2.53. The van der Waals surface area contributed by atoms with Crippen LogP contribution >= 0.6 is 0 Å². The quantitative estimate of drug-likeness (QED) is 0.124. The number of allylic oxidation sites excluding steroid dienone is 5. The van der Waals surface area contributed by atoms with E-state index in [4.69, 9.17) is 18.9 Å². The maximum absolute atomic E-state index is 13.9. The fraction of sp³-hybridized carbons (Fsp3) is 0.487. The van der Waals surface area contributed by atoms with E-state index in [0.29, 0.717) is 0 Å². The minimum atomic E-state index is -2.15. The Morgan fingerprint density at radius 3 is 2.15 bits per heavy atom. The molecule has 1 aliphatic carbocycles. The third kappa shape index (κ3) is 6.86. The summed E-state index contributed by atoms with van der Waals surface area (Å²) in [6, 6.07) is 0. The molecule has 8 rings (SSSR count). The molecule has 0 radical (unpaired) electrons. The number of aromatic hydroxyl groups is 1. The largest absolute Gasteiger partial charge is 0.505 e. The number of hydrogen-bond donors (Lipinski definition) is 7. The summed E-state index contributed by atoms with van der Waals surface area (Å²) in [5.41, 5.74) is -4.31. The summed E-state index contributed by atoms with van der Waals surface area (Å²) in [4.78, 5) is 53.3. The van der Waals surface area contributed by atoms with Crippen molar-refractivity contribution in [2.24, 2.45) is 17.8 Å². The normalized spacial score (nSPS) is 35.9. The van der Waals surface area contributed by atoms with E-state index >= 15 is 0 Å². The molecule has 0 saturated carbocycles. The van der Waals surface area contributed by atoms with Crippen LogP contribution in [0.3, 0.4) is 0 Å². The van der Waals surface area contributed by atoms with Gasteiger partial charge in [0.05, 0.1) is 35.1 Å². The van der Waals surface area contributed by atoms with Crippen molar-refractivity contribution < 1.29 is 68.8 Å². The second kappa shape index (κ2) is 14.5. The number of phenolic OH excluding ortho intramolecular Hbond substituents is 1. The maximum atomic E-state index is 13.9. The van der Waals surface area contributed by atoms with Crippen LogP contribution in [-0.2, 0) is 28.6 Å². The first-order chi connectivity index (χ1) is 25.0. The Morgan fingerprint density at radius 1 is 0.907 bits per heavy atom. The molecule has 7 N–H and O–H groups in total. The van der Waals surface area contributed by atoms with E-state index in [1.165, 1.54) is 79.7 Å². The number of hydrogen-bond acceptors (Lipinski definition) is 14. The van der Waals surface area contributed by atoms with Crippen molar-refractivity contribution in [3.05, 3.63) is 69.2 Å². The third-order valence-corrected chi connectivity index (χ3v) is 10.7. The zero-order valence-corrected chi connectivity index (χ0v) is 31.5. The van der Waals surface area contributed by atoms with Crippen LogP contribution in [0.4, 0.5) is 5.69 Å². The van der Waals surface area contributed by atoms with Gasteiger partial charge in [0.2, 0.25) is 6.79 Å². The fourth-order valence-electron chi connectivity index (χ4n) is 7.59. The molecule has 1 aromatic rings. The van der Waals surface area contributed by atoms with Crippen molar-refractivity contribution in [3.8, 4) is 11.5 Å². The second-order valence-electron chi connectivity index (χ2n) is 14.9. The zero-order valence-electron chi connectivity index (χ0n) is 31.5. The molecule has 292 valence electrons. The van der Waals surface area contributed by atoms with Gasteiger partial charge in [-0.2, -0.15) is 0 Å². The molecule has 2 unspecified atom stereocenters. The summed E-state index contributed by atoms with van der Waals surface area (Å²) < 4.78 is 22.9. The van der Waals surface area contributed by atoms with Crippen LogP contribution in [0.2, 0.25) is 0 Å². The second-order valence-corrected chi connectivity index (χ2v) is 14.9. The van der Waals surface area contributed by atoms with Gasteiger partial charge in [-0.1, -0.05) is 26.0 Å². The number of carbonyl (C=O) groups is 4. The lowest BCUT2D eigenvalue weighted by Crippen LogP contribution is -2.60. The third-order valence-electron chi connectivity index (χ3n) is 10.7. The summed E-state index contributed by atoms with van der Waals surface area (Å²) >= 11 is 0. The SMILES string of the molecule is CC(=O)Oc1c(C)c2c(O)c3c1C1=C(OCOC1=C(C)C3=O)/C(C)=C/[C@@](C)(O)[C@H](O)[C@@H](C)[C@@H](O)C1C(=O)OC([C@@H](C)[C@H]1O)[C@](C)(O)/C=C\C=C(/C)C(=O)N2. The standard InChI is InChI=1S/C39H47NO14/c1-15-11-10-12-38(8,49)35-20(6)29(44)25(37(48)54-35)28(43)19(5)34(46)39(9,50)13-16(2)31-24-22-23(27(42)18(4)32(24)52-14-51-31)30(45)26(40-36(15)47)17(3)33(22)53-21(7)41/h10-13,19-20,25,28-29,34-35,43-46,49-50H,14H2,1-9H3,(H,40,47)/b12-10-,15-11+,16-13+/t19-,20-,25?,28+,29+,34+,35?,38+,39+/m0/s1. The zero-order chi connectivity index (χ0) is 40.4. The van der Waals surface area contributed by atoms with Crippen LogP contribution in [0.15, 0.2) is 52.5 Å². The van der Waals surface area contributed by atoms with E-state index in [1.807, 2.05) is 0 Å². The van der Waals surface area contributed by atoms with Gasteiger partial charge in [-0.3, -0.25) is 19.2 Å². The molecule has 6 aliphatic heterocycles. The number of amides is 1. The number of benzene rings is 1. The molecule has 15 nitrogen and oxygen atoms in total. The Balaban J connectivity index is 1.80. The minimum Gasteiger partial charge on any atom is -0.505 e. The van der Waals surface area contributed by atoms with Gasteiger partial charge in [0.15, 0.2) is 11.5 Å². The van der Waals surface area contributed by atoms with E-state index in [1.54, 1.807) is 0 Å². The van der Waals surface area contributed by atoms with Crippen molar-refractivity contribution in [2.75, 3.05) is 12.1 Å². The van der Waals surface area contributed by atoms with Gasteiger partial charge < -0.3 is 54.9 Å². The smallest absolute Gasteiger partial charge is 0.314 e. The highest BCUT2D eigenvalue weighted by molar-refractivity contribution is 6.21. The van der Waals surface area contributed by atoms with E-state index in [0.717, 1.165) is 6.92 Å². The van der Waals surface area contributed by atoms with Gasteiger partial charge in [0, 0.05) is 41.0 Å². The molecule has 54 heavy (non-hydrogen) atoms. The van der Waals surface area contributed by atoms with Crippen LogP contribution in [0, 0.1) is 24.7 Å². The molecule has 6 heterocycles. The predicted octanol–water partition coefficient (Wildman–Crippen LogP) is 2.61. The number of anilines is 1. The summed E-state index contributed by atoms with van der Waals surface area (Å²) in [6.07, 6.45) is -1.21. The minimum absolute atomic E-state index is 0.0103. The lowest BCUT2D eigenvalue weighted by molar-refractivity contribution is -0.211. The van der Waals surface area contributed by atoms with E-state index in [2.05, 4.69) is 5.32 Å². The van der Waals surface area contributed by atoms with Crippen molar-refractivity contribution in [3.63, 3.8) is 0 Å². The van der Waals surface area contributed by atoms with E-state index < -0.39 is 89.5 Å². The highest BCUT2D eigenvalue weighted by Gasteiger charge is 2.53. The van der Waals surface area contributed by atoms with E-state index in [9.17, 15) is 49.8 Å². The molecule has 7 aliphatic rings. The summed E-state index contributed by atoms with van der Waals surface area (Å²) in [5, 5.41) is 71.6. The topological polar surface area (TPSA) is 239 Å². The molecule has 1 amide bonds. The number of aliphatic hydroxyl groups is 5. The average molecular weight is 754 g/mol. The van der Waals surface area contributed by atoms with Crippen LogP contribution < -0.4 is 10.1 Å². The van der Waals surface area contributed by atoms with Crippen LogP contribution in [0.1, 0.15) is 76.9 Å². The molecule has 15 heteroatoms. The molecular formula is C39H47NO14.